The molecule has 2 rings (SSSR count). The predicted octanol–water partition coefficient (Wildman–Crippen LogP) is 0.712. The lowest BCUT2D eigenvalue weighted by atomic mass is 10.2. The van der Waals surface area contributed by atoms with Gasteiger partial charge >= 0.3 is 0 Å². The van der Waals surface area contributed by atoms with Crippen molar-refractivity contribution in [2.75, 3.05) is 19.3 Å². The van der Waals surface area contributed by atoms with Gasteiger partial charge in [-0.3, -0.25) is 14.5 Å². The maximum atomic E-state index is 12.2. The highest BCUT2D eigenvalue weighted by atomic mass is 16.2. The molecule has 6 nitrogen and oxygen atoms in total. The van der Waals surface area contributed by atoms with Gasteiger partial charge in [-0.1, -0.05) is 6.07 Å². The smallest absolute Gasteiger partial charge is 0.258 e. The Kier molecular flexibility index (Phi) is 3.79. The summed E-state index contributed by atoms with van der Waals surface area (Å²) in [6.07, 6.45) is 3.95. The fraction of sp³-hybridized carbons (Fsp3) is 0.308. The van der Waals surface area contributed by atoms with Crippen molar-refractivity contribution in [2.45, 2.75) is 6.42 Å². The zero-order valence-corrected chi connectivity index (χ0v) is 11.1. The molecule has 1 amide bonds. The lowest BCUT2D eigenvalue weighted by Gasteiger charge is -2.16. The number of nitrogen functional groups attached to an aromatic ring is 1. The second-order valence-electron chi connectivity index (χ2n) is 4.36. The van der Waals surface area contributed by atoms with Crippen LogP contribution in [0.4, 0.5) is 5.82 Å². The van der Waals surface area contributed by atoms with E-state index in [1.165, 1.54) is 10.9 Å². The molecule has 0 saturated heterocycles. The maximum absolute atomic E-state index is 12.2. The van der Waals surface area contributed by atoms with E-state index in [9.17, 15) is 4.79 Å². The number of anilines is 1. The number of aromatic nitrogens is 3. The molecule has 6 heteroatoms. The Balaban J connectivity index is 1.98. The van der Waals surface area contributed by atoms with Crippen LogP contribution in [0.3, 0.4) is 0 Å². The van der Waals surface area contributed by atoms with E-state index >= 15 is 0 Å². The molecule has 0 aliphatic carbocycles. The van der Waals surface area contributed by atoms with Gasteiger partial charge in [0.1, 0.15) is 11.4 Å². The number of hydrogen-bond acceptors (Lipinski definition) is 4. The van der Waals surface area contributed by atoms with Crippen molar-refractivity contribution in [1.82, 2.24) is 19.7 Å². The summed E-state index contributed by atoms with van der Waals surface area (Å²) in [5, 5.41) is 3.97. The Morgan fingerprint density at radius 1 is 1.47 bits per heavy atom. The van der Waals surface area contributed by atoms with Gasteiger partial charge in [-0.2, -0.15) is 5.10 Å². The van der Waals surface area contributed by atoms with E-state index in [-0.39, 0.29) is 5.91 Å². The van der Waals surface area contributed by atoms with Crippen LogP contribution in [0.2, 0.25) is 0 Å². The fourth-order valence-corrected chi connectivity index (χ4v) is 1.75. The SMILES string of the molecule is CN(CCc1ccccn1)C(=O)c1cnn(C)c1N. The summed E-state index contributed by atoms with van der Waals surface area (Å²) in [5.74, 6) is 0.260. The normalized spacial score (nSPS) is 10.4. The first-order chi connectivity index (χ1) is 9.09. The van der Waals surface area contributed by atoms with E-state index in [1.54, 1.807) is 25.2 Å². The minimum Gasteiger partial charge on any atom is -0.383 e. The molecule has 0 unspecified atom stereocenters. The maximum Gasteiger partial charge on any atom is 0.258 e. The summed E-state index contributed by atoms with van der Waals surface area (Å²) in [6.45, 7) is 0.587. The van der Waals surface area contributed by atoms with Crippen molar-refractivity contribution >= 4 is 11.7 Å². The summed E-state index contributed by atoms with van der Waals surface area (Å²) < 4.78 is 1.49. The molecule has 0 radical (unpaired) electrons. The number of likely N-dealkylation sites (N-methyl/N-ethyl adjacent to an activating group) is 1. The monoisotopic (exact) mass is 259 g/mol. The van der Waals surface area contributed by atoms with E-state index in [0.717, 1.165) is 5.69 Å². The summed E-state index contributed by atoms with van der Waals surface area (Å²) >= 11 is 0. The van der Waals surface area contributed by atoms with Gasteiger partial charge in [-0.05, 0) is 12.1 Å². The van der Waals surface area contributed by atoms with Crippen LogP contribution in [0.15, 0.2) is 30.6 Å². The van der Waals surface area contributed by atoms with Crippen molar-refractivity contribution in [3.8, 4) is 0 Å². The molecule has 2 aromatic heterocycles. The lowest BCUT2D eigenvalue weighted by Crippen LogP contribution is -2.29. The predicted molar refractivity (Wildman–Crippen MR) is 72.5 cm³/mol. The molecule has 0 atom stereocenters. The average Bonchev–Trinajstić information content (AvgIpc) is 2.77. The Labute approximate surface area is 111 Å². The van der Waals surface area contributed by atoms with Gasteiger partial charge in [0, 0.05) is 39.0 Å². The highest BCUT2D eigenvalue weighted by molar-refractivity contribution is 5.98. The molecule has 2 heterocycles. The quantitative estimate of drug-likeness (QED) is 0.877. The number of amides is 1. The largest absolute Gasteiger partial charge is 0.383 e. The van der Waals surface area contributed by atoms with Gasteiger partial charge in [0.25, 0.3) is 5.91 Å². The number of carbonyl (C=O) groups excluding carboxylic acids is 1. The number of nitrogens with two attached hydrogens (primary N) is 1. The van der Waals surface area contributed by atoms with Gasteiger partial charge in [0.15, 0.2) is 0 Å². The molecule has 0 aliphatic rings. The molecule has 0 bridgehead atoms. The minimum absolute atomic E-state index is 0.124. The third-order valence-corrected chi connectivity index (χ3v) is 2.99. The fourth-order valence-electron chi connectivity index (χ4n) is 1.75. The average molecular weight is 259 g/mol. The Hall–Kier alpha value is -2.37. The van der Waals surface area contributed by atoms with Crippen LogP contribution in [-0.4, -0.2) is 39.2 Å². The van der Waals surface area contributed by atoms with Gasteiger partial charge in [0.2, 0.25) is 0 Å². The van der Waals surface area contributed by atoms with Gasteiger partial charge in [0.05, 0.1) is 6.20 Å². The lowest BCUT2D eigenvalue weighted by molar-refractivity contribution is 0.0797. The molecule has 100 valence electrons. The topological polar surface area (TPSA) is 77.0 Å². The van der Waals surface area contributed by atoms with Crippen LogP contribution >= 0.6 is 0 Å². The summed E-state index contributed by atoms with van der Waals surface area (Å²) in [4.78, 5) is 18.0. The van der Waals surface area contributed by atoms with E-state index in [4.69, 9.17) is 5.73 Å². The van der Waals surface area contributed by atoms with E-state index in [0.29, 0.717) is 24.3 Å². The minimum atomic E-state index is -0.124. The summed E-state index contributed by atoms with van der Waals surface area (Å²) in [6, 6.07) is 5.74. The van der Waals surface area contributed by atoms with Crippen molar-refractivity contribution in [1.29, 1.82) is 0 Å². The molecular formula is C13H17N5O. The molecule has 2 N–H and O–H groups in total. The van der Waals surface area contributed by atoms with Crippen molar-refractivity contribution in [3.63, 3.8) is 0 Å². The van der Waals surface area contributed by atoms with E-state index in [1.807, 2.05) is 18.2 Å². The number of hydrogen-bond donors (Lipinski definition) is 1. The number of nitrogens with zero attached hydrogens (tertiary/aromatic N) is 4. The molecule has 0 fully saturated rings. The summed E-state index contributed by atoms with van der Waals surface area (Å²) in [7, 11) is 3.46. The Bertz CT molecular complexity index is 564. The first-order valence-corrected chi connectivity index (χ1v) is 6.02. The van der Waals surface area contributed by atoms with Gasteiger partial charge in [-0.15, -0.1) is 0 Å². The summed E-state index contributed by atoms with van der Waals surface area (Å²) in [5.41, 5.74) is 7.18. The second kappa shape index (κ2) is 5.51. The van der Waals surface area contributed by atoms with Crippen LogP contribution in [0, 0.1) is 0 Å². The number of aryl methyl sites for hydroxylation is 1. The number of carbonyl (C=O) groups is 1. The molecule has 2 aromatic rings. The van der Waals surface area contributed by atoms with Gasteiger partial charge < -0.3 is 10.6 Å². The van der Waals surface area contributed by atoms with E-state index in [2.05, 4.69) is 10.1 Å². The van der Waals surface area contributed by atoms with Crippen molar-refractivity contribution < 1.29 is 4.79 Å². The zero-order valence-electron chi connectivity index (χ0n) is 11.1. The standard InChI is InChI=1S/C13H17N5O/c1-17(8-6-10-5-3-4-7-15-10)13(19)11-9-16-18(2)12(11)14/h3-5,7,9H,6,8,14H2,1-2H3. The third-order valence-electron chi connectivity index (χ3n) is 2.99. The molecular weight excluding hydrogens is 242 g/mol. The van der Waals surface area contributed by atoms with Gasteiger partial charge in [-0.25, -0.2) is 0 Å². The van der Waals surface area contributed by atoms with Crippen LogP contribution in [0.5, 0.6) is 0 Å². The van der Waals surface area contributed by atoms with Crippen LogP contribution in [0.25, 0.3) is 0 Å². The van der Waals surface area contributed by atoms with E-state index < -0.39 is 0 Å². The molecule has 0 spiro atoms. The molecule has 19 heavy (non-hydrogen) atoms. The Morgan fingerprint density at radius 2 is 2.26 bits per heavy atom. The molecule has 0 aliphatic heterocycles. The zero-order chi connectivity index (χ0) is 13.8. The first-order valence-electron chi connectivity index (χ1n) is 6.02. The van der Waals surface area contributed by atoms with Crippen LogP contribution in [-0.2, 0) is 13.5 Å². The second-order valence-corrected chi connectivity index (χ2v) is 4.36. The highest BCUT2D eigenvalue weighted by Crippen LogP contribution is 2.12. The third kappa shape index (κ3) is 2.90. The van der Waals surface area contributed by atoms with Crippen LogP contribution < -0.4 is 5.73 Å². The Morgan fingerprint density at radius 3 is 2.84 bits per heavy atom. The van der Waals surface area contributed by atoms with Crippen molar-refractivity contribution in [2.24, 2.45) is 7.05 Å². The molecule has 0 aromatic carbocycles. The number of pyridine rings is 1. The highest BCUT2D eigenvalue weighted by Gasteiger charge is 2.17. The molecule has 0 saturated carbocycles. The first kappa shape index (κ1) is 13.1. The van der Waals surface area contributed by atoms with Crippen molar-refractivity contribution in [3.05, 3.63) is 41.9 Å². The number of rotatable bonds is 4. The van der Waals surface area contributed by atoms with Crippen LogP contribution in [0.1, 0.15) is 16.1 Å².